The van der Waals surface area contributed by atoms with E-state index in [1.165, 1.54) is 18.2 Å². The topological polar surface area (TPSA) is 38.3 Å². The summed E-state index contributed by atoms with van der Waals surface area (Å²) in [6.45, 7) is 0. The zero-order valence-electron chi connectivity index (χ0n) is 7.14. The molecule has 0 saturated heterocycles. The first-order chi connectivity index (χ1) is 6.88. The van der Waals surface area contributed by atoms with Crippen molar-refractivity contribution in [2.75, 3.05) is 5.32 Å². The third kappa shape index (κ3) is 4.07. The number of amides is 1. The highest BCUT2D eigenvalue weighted by Gasteiger charge is 2.32. The maximum Gasteiger partial charge on any atom is 0.573 e. The number of carbonyl (C=O) groups is 1. The molecule has 0 radical (unpaired) electrons. The molecule has 0 atom stereocenters. The number of nitrogens with one attached hydrogen (secondary N) is 1. The fraction of sp³-hybridized carbons (Fsp3) is 0.125. The normalized spacial score (nSPS) is 10.9. The molecule has 1 amide bonds. The highest BCUT2D eigenvalue weighted by Crippen LogP contribution is 2.29. The predicted octanol–water partition coefficient (Wildman–Crippen LogP) is 3.36. The Kier molecular flexibility index (Phi) is 3.41. The van der Waals surface area contributed by atoms with E-state index in [1.54, 1.807) is 0 Å². The van der Waals surface area contributed by atoms with Crippen molar-refractivity contribution in [2.45, 2.75) is 6.36 Å². The van der Waals surface area contributed by atoms with E-state index in [0.29, 0.717) is 0 Å². The third-order valence-corrected chi connectivity index (χ3v) is 1.44. The van der Waals surface area contributed by atoms with Gasteiger partial charge in [-0.25, -0.2) is 0 Å². The van der Waals surface area contributed by atoms with E-state index in [4.69, 9.17) is 11.6 Å². The van der Waals surface area contributed by atoms with Crippen molar-refractivity contribution in [3.63, 3.8) is 0 Å². The molecule has 0 spiro atoms. The quantitative estimate of drug-likeness (QED) is 0.635. The molecule has 0 aliphatic carbocycles. The fourth-order valence-electron chi connectivity index (χ4n) is 0.889. The molecule has 1 aromatic carbocycles. The van der Waals surface area contributed by atoms with Crippen LogP contribution in [0.25, 0.3) is 0 Å². The standard InChI is InChI=1S/C8H5ClF3NO2/c9-7(14)13-5-3-1-2-4-6(5)15-8(10,11)12/h1-4H,(H,13,14). The molecule has 1 N–H and O–H groups in total. The van der Waals surface area contributed by atoms with E-state index >= 15 is 0 Å². The molecule has 0 heterocycles. The number of hydrogen-bond acceptors (Lipinski definition) is 2. The van der Waals surface area contributed by atoms with Gasteiger partial charge in [0.1, 0.15) is 0 Å². The van der Waals surface area contributed by atoms with Gasteiger partial charge in [-0.05, 0) is 23.7 Å². The molecule has 0 aliphatic rings. The summed E-state index contributed by atoms with van der Waals surface area (Å²) < 4.78 is 39.3. The van der Waals surface area contributed by atoms with Crippen LogP contribution in [-0.4, -0.2) is 11.7 Å². The molecule has 0 saturated carbocycles. The van der Waals surface area contributed by atoms with Crippen molar-refractivity contribution in [1.29, 1.82) is 0 Å². The van der Waals surface area contributed by atoms with Gasteiger partial charge >= 0.3 is 11.7 Å². The lowest BCUT2D eigenvalue weighted by atomic mass is 10.3. The summed E-state index contributed by atoms with van der Waals surface area (Å²) >= 11 is 4.97. The Hall–Kier alpha value is -1.43. The zero-order valence-corrected chi connectivity index (χ0v) is 7.89. The Morgan fingerprint density at radius 3 is 2.47 bits per heavy atom. The highest BCUT2D eigenvalue weighted by molar-refractivity contribution is 6.65. The third-order valence-electron chi connectivity index (χ3n) is 1.35. The van der Waals surface area contributed by atoms with Gasteiger partial charge < -0.3 is 10.1 Å². The average Bonchev–Trinajstić information content (AvgIpc) is 2.05. The van der Waals surface area contributed by atoms with Crippen LogP contribution in [-0.2, 0) is 0 Å². The summed E-state index contributed by atoms with van der Waals surface area (Å²) in [6, 6.07) is 5.08. The first kappa shape index (κ1) is 11.6. The molecule has 3 nitrogen and oxygen atoms in total. The first-order valence-corrected chi connectivity index (χ1v) is 4.07. The molecule has 0 bridgehead atoms. The Labute approximate surface area is 87.8 Å². The van der Waals surface area contributed by atoms with Gasteiger partial charge in [-0.2, -0.15) is 0 Å². The average molecular weight is 240 g/mol. The van der Waals surface area contributed by atoms with Gasteiger partial charge in [0, 0.05) is 0 Å². The van der Waals surface area contributed by atoms with Crippen LogP contribution in [0.3, 0.4) is 0 Å². The minimum Gasteiger partial charge on any atom is -0.404 e. The van der Waals surface area contributed by atoms with E-state index in [2.05, 4.69) is 4.74 Å². The van der Waals surface area contributed by atoms with Gasteiger partial charge in [0.15, 0.2) is 5.75 Å². The molecule has 0 aliphatic heterocycles. The molecule has 0 unspecified atom stereocenters. The van der Waals surface area contributed by atoms with E-state index in [9.17, 15) is 18.0 Å². The van der Waals surface area contributed by atoms with Crippen LogP contribution in [0.5, 0.6) is 5.75 Å². The van der Waals surface area contributed by atoms with Crippen molar-refractivity contribution in [1.82, 2.24) is 0 Å². The van der Waals surface area contributed by atoms with Crippen molar-refractivity contribution < 1.29 is 22.7 Å². The first-order valence-electron chi connectivity index (χ1n) is 3.70. The van der Waals surface area contributed by atoms with E-state index in [0.717, 1.165) is 6.07 Å². The van der Waals surface area contributed by atoms with Crippen molar-refractivity contribution in [3.8, 4) is 5.75 Å². The van der Waals surface area contributed by atoms with Gasteiger partial charge in [-0.1, -0.05) is 12.1 Å². The summed E-state index contributed by atoms with van der Waals surface area (Å²) in [5.41, 5.74) is -0.144. The lowest BCUT2D eigenvalue weighted by Crippen LogP contribution is -2.18. The second-order valence-electron chi connectivity index (χ2n) is 2.44. The van der Waals surface area contributed by atoms with Gasteiger partial charge in [-0.3, -0.25) is 4.79 Å². The molecule has 0 fully saturated rings. The Morgan fingerprint density at radius 2 is 1.93 bits per heavy atom. The number of carbonyl (C=O) groups excluding carboxylic acids is 1. The van der Waals surface area contributed by atoms with Crippen LogP contribution in [0.1, 0.15) is 0 Å². The monoisotopic (exact) mass is 239 g/mol. The summed E-state index contributed by atoms with van der Waals surface area (Å²) in [4.78, 5) is 10.4. The lowest BCUT2D eigenvalue weighted by Gasteiger charge is -2.12. The summed E-state index contributed by atoms with van der Waals surface area (Å²) in [5.74, 6) is -0.515. The minimum absolute atomic E-state index is 0.144. The maximum atomic E-state index is 11.9. The maximum absolute atomic E-state index is 11.9. The Morgan fingerprint density at radius 1 is 1.33 bits per heavy atom. The van der Waals surface area contributed by atoms with Gasteiger partial charge in [0.25, 0.3) is 0 Å². The Bertz CT molecular complexity index is 367. The smallest absolute Gasteiger partial charge is 0.404 e. The highest BCUT2D eigenvalue weighted by atomic mass is 35.5. The minimum atomic E-state index is -4.81. The number of alkyl halides is 3. The van der Waals surface area contributed by atoms with Crippen molar-refractivity contribution >= 4 is 22.7 Å². The number of ether oxygens (including phenoxy) is 1. The zero-order chi connectivity index (χ0) is 11.5. The Balaban J connectivity index is 2.91. The number of halogens is 4. The molecule has 0 aromatic heterocycles. The number of hydrogen-bond donors (Lipinski definition) is 1. The van der Waals surface area contributed by atoms with Gasteiger partial charge in [-0.15, -0.1) is 13.2 Å². The van der Waals surface area contributed by atoms with Crippen molar-refractivity contribution in [2.24, 2.45) is 0 Å². The predicted molar refractivity (Wildman–Crippen MR) is 48.0 cm³/mol. The summed E-state index contributed by atoms with van der Waals surface area (Å²) in [5, 5.41) is 1.01. The lowest BCUT2D eigenvalue weighted by molar-refractivity contribution is -0.274. The van der Waals surface area contributed by atoms with Crippen LogP contribution in [0.2, 0.25) is 0 Å². The molecule has 15 heavy (non-hydrogen) atoms. The molecular formula is C8H5ClF3NO2. The molecule has 1 aromatic rings. The number of benzene rings is 1. The van der Waals surface area contributed by atoms with Crippen LogP contribution < -0.4 is 10.1 Å². The second-order valence-corrected chi connectivity index (χ2v) is 2.79. The summed E-state index contributed by atoms with van der Waals surface area (Å²) in [6.07, 6.45) is -4.81. The van der Waals surface area contributed by atoms with E-state index < -0.39 is 17.5 Å². The SMILES string of the molecule is O=C(Cl)Nc1ccccc1OC(F)(F)F. The number of anilines is 1. The molecule has 7 heteroatoms. The number of para-hydroxylation sites is 2. The van der Waals surface area contributed by atoms with Crippen LogP contribution in [0.4, 0.5) is 23.7 Å². The molecule has 1 rings (SSSR count). The van der Waals surface area contributed by atoms with Gasteiger partial charge in [0.05, 0.1) is 5.69 Å². The van der Waals surface area contributed by atoms with Crippen LogP contribution in [0, 0.1) is 0 Å². The molecular weight excluding hydrogens is 235 g/mol. The van der Waals surface area contributed by atoms with E-state index in [1.807, 2.05) is 5.32 Å². The second kappa shape index (κ2) is 4.39. The fourth-order valence-corrected chi connectivity index (χ4v) is 0.991. The van der Waals surface area contributed by atoms with Crippen LogP contribution >= 0.6 is 11.6 Å². The number of rotatable bonds is 2. The van der Waals surface area contributed by atoms with Crippen molar-refractivity contribution in [3.05, 3.63) is 24.3 Å². The largest absolute Gasteiger partial charge is 0.573 e. The summed E-state index contributed by atoms with van der Waals surface area (Å²) in [7, 11) is 0. The molecule has 82 valence electrons. The van der Waals surface area contributed by atoms with Crippen LogP contribution in [0.15, 0.2) is 24.3 Å². The van der Waals surface area contributed by atoms with Gasteiger partial charge in [0.2, 0.25) is 0 Å². The van der Waals surface area contributed by atoms with E-state index in [-0.39, 0.29) is 5.69 Å².